The number of halogens is 1. The molecule has 5 nitrogen and oxygen atoms in total. The van der Waals surface area contributed by atoms with Crippen molar-refractivity contribution in [1.82, 2.24) is 9.80 Å². The van der Waals surface area contributed by atoms with Gasteiger partial charge >= 0.3 is 10.2 Å². The number of carbonyl (C=O) groups is 1. The Morgan fingerprint density at radius 2 is 1.95 bits per heavy atom. The normalized spacial score (nSPS) is 27.2. The van der Waals surface area contributed by atoms with E-state index in [0.29, 0.717) is 6.54 Å². The Bertz CT molecular complexity index is 432. The van der Waals surface area contributed by atoms with E-state index in [2.05, 4.69) is 11.8 Å². The number of hydrogen-bond acceptors (Lipinski definition) is 4. The minimum absolute atomic E-state index is 0.0244. The zero-order valence-electron chi connectivity index (χ0n) is 11.2. The molecule has 110 valence electrons. The first-order chi connectivity index (χ1) is 8.89. The summed E-state index contributed by atoms with van der Waals surface area (Å²) in [6.45, 7) is 5.46. The van der Waals surface area contributed by atoms with E-state index in [1.165, 1.54) is 0 Å². The molecule has 2 rings (SSSR count). The smallest absolute Gasteiger partial charge is 0.302 e. The molecule has 2 saturated heterocycles. The molecule has 1 atom stereocenters. The molecule has 0 radical (unpaired) electrons. The van der Waals surface area contributed by atoms with E-state index in [-0.39, 0.29) is 24.3 Å². The summed E-state index contributed by atoms with van der Waals surface area (Å²) in [6.07, 6.45) is 2.01. The molecule has 0 bridgehead atoms. The molecule has 1 amide bonds. The van der Waals surface area contributed by atoms with Gasteiger partial charge in [0, 0.05) is 38.0 Å². The number of piperidine rings is 1. The predicted molar refractivity (Wildman–Crippen MR) is 69.9 cm³/mol. The Labute approximate surface area is 114 Å². The van der Waals surface area contributed by atoms with Crippen molar-refractivity contribution in [2.75, 3.05) is 31.9 Å². The van der Waals surface area contributed by atoms with Crippen LogP contribution in [0.2, 0.25) is 0 Å². The summed E-state index contributed by atoms with van der Waals surface area (Å²) in [4.78, 5) is 16.0. The molecule has 2 heterocycles. The lowest BCUT2D eigenvalue weighted by Crippen LogP contribution is -2.45. The van der Waals surface area contributed by atoms with Gasteiger partial charge in [-0.05, 0) is 19.4 Å². The van der Waals surface area contributed by atoms with Crippen molar-refractivity contribution in [2.45, 2.75) is 32.2 Å². The summed E-state index contributed by atoms with van der Waals surface area (Å²) in [7, 11) is -4.48. The van der Waals surface area contributed by atoms with Gasteiger partial charge in [0.25, 0.3) is 0 Å². The summed E-state index contributed by atoms with van der Waals surface area (Å²) in [5, 5.41) is 0. The van der Waals surface area contributed by atoms with Crippen LogP contribution in [0.4, 0.5) is 3.89 Å². The quantitative estimate of drug-likeness (QED) is 0.713. The summed E-state index contributed by atoms with van der Waals surface area (Å²) >= 11 is 0. The van der Waals surface area contributed by atoms with Gasteiger partial charge in [-0.25, -0.2) is 0 Å². The van der Waals surface area contributed by atoms with Crippen LogP contribution in [0.5, 0.6) is 0 Å². The molecule has 0 aromatic heterocycles. The van der Waals surface area contributed by atoms with E-state index >= 15 is 0 Å². The Morgan fingerprint density at radius 1 is 1.32 bits per heavy atom. The monoisotopic (exact) mass is 292 g/mol. The fraction of sp³-hybridized carbons (Fsp3) is 0.917. The minimum atomic E-state index is -4.48. The molecule has 7 heteroatoms. The third-order valence-electron chi connectivity index (χ3n) is 4.12. The van der Waals surface area contributed by atoms with Crippen LogP contribution >= 0.6 is 0 Å². The van der Waals surface area contributed by atoms with Gasteiger partial charge in [0.15, 0.2) is 0 Å². The highest BCUT2D eigenvalue weighted by atomic mass is 32.3. The fourth-order valence-corrected chi connectivity index (χ4v) is 3.89. The number of carbonyl (C=O) groups excluding carboxylic acids is 1. The highest BCUT2D eigenvalue weighted by molar-refractivity contribution is 7.86. The average molecular weight is 292 g/mol. The van der Waals surface area contributed by atoms with Gasteiger partial charge in [-0.15, -0.1) is 3.89 Å². The SMILES string of the molecule is CCN1CCC(N2CC(CS(=O)(=O)F)CC2=O)CC1. The van der Waals surface area contributed by atoms with Crippen LogP contribution in [-0.4, -0.2) is 62.1 Å². The molecule has 0 aliphatic carbocycles. The van der Waals surface area contributed by atoms with E-state index in [1.807, 2.05) is 0 Å². The van der Waals surface area contributed by atoms with Crippen molar-refractivity contribution in [3.8, 4) is 0 Å². The molecule has 19 heavy (non-hydrogen) atoms. The number of hydrogen-bond donors (Lipinski definition) is 0. The molecule has 0 spiro atoms. The highest BCUT2D eigenvalue weighted by Crippen LogP contribution is 2.26. The molecule has 0 aromatic carbocycles. The number of rotatable bonds is 4. The van der Waals surface area contributed by atoms with E-state index in [1.54, 1.807) is 4.90 Å². The van der Waals surface area contributed by atoms with E-state index in [0.717, 1.165) is 32.5 Å². The minimum Gasteiger partial charge on any atom is -0.339 e. The summed E-state index contributed by atoms with van der Waals surface area (Å²) < 4.78 is 34.0. The average Bonchev–Trinajstić information content (AvgIpc) is 2.68. The zero-order chi connectivity index (χ0) is 14.0. The van der Waals surface area contributed by atoms with Crippen molar-refractivity contribution in [1.29, 1.82) is 0 Å². The Kier molecular flexibility index (Phi) is 4.45. The molecule has 0 aromatic rings. The van der Waals surface area contributed by atoms with Gasteiger partial charge < -0.3 is 9.80 Å². The molecule has 2 aliphatic heterocycles. The lowest BCUT2D eigenvalue weighted by Gasteiger charge is -2.36. The lowest BCUT2D eigenvalue weighted by atomic mass is 10.0. The maximum atomic E-state index is 12.7. The van der Waals surface area contributed by atoms with Gasteiger partial charge in [-0.3, -0.25) is 4.79 Å². The van der Waals surface area contributed by atoms with Crippen LogP contribution in [0.3, 0.4) is 0 Å². The first-order valence-corrected chi connectivity index (χ1v) is 8.38. The van der Waals surface area contributed by atoms with Gasteiger partial charge in [0.2, 0.25) is 5.91 Å². The second-order valence-corrected chi connectivity index (χ2v) is 6.90. The Balaban J connectivity index is 1.90. The number of nitrogens with zero attached hydrogens (tertiary/aromatic N) is 2. The highest BCUT2D eigenvalue weighted by Gasteiger charge is 2.37. The molecule has 1 unspecified atom stereocenters. The molecule has 2 fully saturated rings. The van der Waals surface area contributed by atoms with Crippen molar-refractivity contribution in [3.63, 3.8) is 0 Å². The third kappa shape index (κ3) is 3.89. The van der Waals surface area contributed by atoms with Crippen molar-refractivity contribution in [2.24, 2.45) is 5.92 Å². The Hall–Kier alpha value is -0.690. The summed E-state index contributed by atoms with van der Waals surface area (Å²) in [5.74, 6) is -0.932. The van der Waals surface area contributed by atoms with Crippen LogP contribution in [0, 0.1) is 5.92 Å². The predicted octanol–water partition coefficient (Wildman–Crippen LogP) is 0.618. The molecule has 2 aliphatic rings. The largest absolute Gasteiger partial charge is 0.339 e. The Morgan fingerprint density at radius 3 is 2.47 bits per heavy atom. The molecular formula is C12H21FN2O3S. The maximum absolute atomic E-state index is 12.7. The number of likely N-dealkylation sites (tertiary alicyclic amines) is 2. The van der Waals surface area contributed by atoms with Crippen LogP contribution in [-0.2, 0) is 15.0 Å². The third-order valence-corrected chi connectivity index (χ3v) is 4.99. The van der Waals surface area contributed by atoms with Crippen LogP contribution < -0.4 is 0 Å². The van der Waals surface area contributed by atoms with Crippen LogP contribution in [0.25, 0.3) is 0 Å². The lowest BCUT2D eigenvalue weighted by molar-refractivity contribution is -0.130. The fourth-order valence-electron chi connectivity index (χ4n) is 3.10. The topological polar surface area (TPSA) is 57.7 Å². The second kappa shape index (κ2) is 5.75. The van der Waals surface area contributed by atoms with Gasteiger partial charge in [0.1, 0.15) is 0 Å². The first kappa shape index (κ1) is 14.7. The first-order valence-electron chi connectivity index (χ1n) is 6.83. The van der Waals surface area contributed by atoms with Gasteiger partial charge in [-0.1, -0.05) is 6.92 Å². The summed E-state index contributed by atoms with van der Waals surface area (Å²) in [5.41, 5.74) is 0. The standard InChI is InChI=1S/C12H21FN2O3S/c1-2-14-5-3-11(4-6-14)15-8-10(7-12(15)16)9-19(13,17)18/h10-11H,2-9H2,1H3. The second-order valence-electron chi connectivity index (χ2n) is 5.49. The van der Waals surface area contributed by atoms with Crippen molar-refractivity contribution < 1.29 is 17.1 Å². The van der Waals surface area contributed by atoms with Gasteiger partial charge in [0.05, 0.1) is 5.75 Å². The molecule has 0 N–H and O–H groups in total. The summed E-state index contributed by atoms with van der Waals surface area (Å²) in [6, 6.07) is 0.197. The van der Waals surface area contributed by atoms with E-state index in [4.69, 9.17) is 0 Å². The molecule has 0 saturated carbocycles. The van der Waals surface area contributed by atoms with Crippen molar-refractivity contribution >= 4 is 16.1 Å². The molecular weight excluding hydrogens is 271 g/mol. The van der Waals surface area contributed by atoms with E-state index in [9.17, 15) is 17.1 Å². The van der Waals surface area contributed by atoms with Crippen LogP contribution in [0.1, 0.15) is 26.2 Å². The zero-order valence-corrected chi connectivity index (χ0v) is 12.0. The van der Waals surface area contributed by atoms with Gasteiger partial charge in [-0.2, -0.15) is 8.42 Å². The van der Waals surface area contributed by atoms with E-state index < -0.39 is 16.0 Å². The van der Waals surface area contributed by atoms with Crippen LogP contribution in [0.15, 0.2) is 0 Å². The maximum Gasteiger partial charge on any atom is 0.302 e. The van der Waals surface area contributed by atoms with Crippen molar-refractivity contribution in [3.05, 3.63) is 0 Å². The number of amides is 1.